The van der Waals surface area contributed by atoms with Crippen LogP contribution in [0.3, 0.4) is 0 Å². The van der Waals surface area contributed by atoms with E-state index < -0.39 is 5.41 Å². The average Bonchev–Trinajstić information content (AvgIpc) is 3.74. The number of ether oxygens (including phenoxy) is 1. The summed E-state index contributed by atoms with van der Waals surface area (Å²) in [6.07, 6.45) is 7.75. The zero-order valence-electron chi connectivity index (χ0n) is 30.4. The Kier molecular flexibility index (Phi) is 6.37. The summed E-state index contributed by atoms with van der Waals surface area (Å²) in [7, 11) is 0. The van der Waals surface area contributed by atoms with E-state index >= 15 is 0 Å². The Labute approximate surface area is 320 Å². The first kappa shape index (κ1) is 30.7. The number of aromatic nitrogens is 2. The maximum Gasteiger partial charge on any atom is 0.143 e. The van der Waals surface area contributed by atoms with E-state index in [1.54, 1.807) is 0 Å². The van der Waals surface area contributed by atoms with Crippen LogP contribution >= 0.6 is 0 Å². The van der Waals surface area contributed by atoms with Crippen LogP contribution < -0.4 is 4.74 Å². The van der Waals surface area contributed by atoms with Gasteiger partial charge in [0.2, 0.25) is 0 Å². The number of hydrogen-bond acceptors (Lipinski definition) is 2. The van der Waals surface area contributed by atoms with E-state index in [-0.39, 0.29) is 6.04 Å². The van der Waals surface area contributed by atoms with Crippen molar-refractivity contribution in [2.45, 2.75) is 24.8 Å². The molecule has 0 N–H and O–H groups in total. The summed E-state index contributed by atoms with van der Waals surface area (Å²) < 4.78 is 9.67. The Morgan fingerprint density at radius 1 is 0.618 bits per heavy atom. The number of imidazole rings is 1. The molecule has 55 heavy (non-hydrogen) atoms. The Morgan fingerprint density at radius 2 is 1.29 bits per heavy atom. The maximum atomic E-state index is 7.18. The van der Waals surface area contributed by atoms with Gasteiger partial charge < -0.3 is 9.30 Å². The van der Waals surface area contributed by atoms with Gasteiger partial charge in [0.15, 0.2) is 0 Å². The number of para-hydroxylation sites is 2. The second kappa shape index (κ2) is 11.4. The summed E-state index contributed by atoms with van der Waals surface area (Å²) in [5.41, 5.74) is 15.3. The summed E-state index contributed by atoms with van der Waals surface area (Å²) in [5, 5.41) is 2.38. The predicted octanol–water partition coefficient (Wildman–Crippen LogP) is 12.8. The topological polar surface area (TPSA) is 27.1 Å². The van der Waals surface area contributed by atoms with Crippen molar-refractivity contribution in [2.75, 3.05) is 0 Å². The van der Waals surface area contributed by atoms with E-state index in [1.807, 2.05) is 0 Å². The highest BCUT2D eigenvalue weighted by Gasteiger charge is 2.51. The van der Waals surface area contributed by atoms with Crippen LogP contribution in [0.4, 0.5) is 0 Å². The normalized spacial score (nSPS) is 17.8. The van der Waals surface area contributed by atoms with Gasteiger partial charge in [-0.25, -0.2) is 4.98 Å². The standard InChI is InChI=1S/C52H36N2O/c1-32-15-13-19-35(31-32)47-49-48(34-17-3-2-4-18-34)54(49)51(53-47)46-36-20-6-5-16-33(36)29-30-39(46)40-23-14-27-44-50(40)55-45-28-12-11-26-43(45)52(44)41-24-9-7-21-37(41)38-22-8-10-25-42(38)52/h2-30,32,48H,31H2,1H3. The molecule has 7 aromatic carbocycles. The fourth-order valence-electron chi connectivity index (χ4n) is 10.1. The summed E-state index contributed by atoms with van der Waals surface area (Å²) >= 11 is 0. The minimum atomic E-state index is -0.535. The van der Waals surface area contributed by atoms with Crippen molar-refractivity contribution < 1.29 is 4.74 Å². The first-order chi connectivity index (χ1) is 27.2. The minimum absolute atomic E-state index is 0.153. The second-order valence-corrected chi connectivity index (χ2v) is 15.4. The van der Waals surface area contributed by atoms with Crippen molar-refractivity contribution in [3.05, 3.63) is 215 Å². The number of fused-ring (bicyclic) bond motifs is 11. The summed E-state index contributed by atoms with van der Waals surface area (Å²) in [5.74, 6) is 3.27. The lowest BCUT2D eigenvalue weighted by molar-refractivity contribution is 0.438. The highest BCUT2D eigenvalue weighted by molar-refractivity contribution is 6.05. The van der Waals surface area contributed by atoms with Crippen LogP contribution in [-0.4, -0.2) is 9.55 Å². The van der Waals surface area contributed by atoms with Gasteiger partial charge in [0.1, 0.15) is 23.4 Å². The van der Waals surface area contributed by atoms with Crippen molar-refractivity contribution in [2.24, 2.45) is 5.92 Å². The Bertz CT molecular complexity index is 2920. The Morgan fingerprint density at radius 3 is 2.09 bits per heavy atom. The molecular weight excluding hydrogens is 669 g/mol. The lowest BCUT2D eigenvalue weighted by atomic mass is 9.65. The van der Waals surface area contributed by atoms with E-state index in [4.69, 9.17) is 9.72 Å². The molecule has 1 aromatic heterocycles. The summed E-state index contributed by atoms with van der Waals surface area (Å²) in [6, 6.07) is 57.7. The first-order valence-electron chi connectivity index (χ1n) is 19.4. The monoisotopic (exact) mass is 704 g/mol. The minimum Gasteiger partial charge on any atom is -0.456 e. The molecule has 3 nitrogen and oxygen atoms in total. The highest BCUT2D eigenvalue weighted by Crippen LogP contribution is 2.63. The Hall–Kier alpha value is -6.71. The smallest absolute Gasteiger partial charge is 0.143 e. The van der Waals surface area contributed by atoms with Crippen LogP contribution in [0.1, 0.15) is 58.6 Å². The van der Waals surface area contributed by atoms with Gasteiger partial charge in [-0.3, -0.25) is 0 Å². The SMILES string of the molecule is CC1C=CC=C(c2nc(-c3c(-c4cccc5c4Oc4ccccc4C54c5ccccc5-c5ccccc54)ccc4ccccc34)n3c2C3c2ccccc2)C1. The van der Waals surface area contributed by atoms with Crippen molar-refractivity contribution in [3.8, 4) is 45.1 Å². The molecule has 260 valence electrons. The third kappa shape index (κ3) is 4.18. The van der Waals surface area contributed by atoms with Crippen LogP contribution in [-0.2, 0) is 5.41 Å². The van der Waals surface area contributed by atoms with E-state index in [9.17, 15) is 0 Å². The van der Waals surface area contributed by atoms with E-state index in [0.29, 0.717) is 5.92 Å². The van der Waals surface area contributed by atoms with E-state index in [2.05, 4.69) is 187 Å². The van der Waals surface area contributed by atoms with Crippen LogP contribution in [0.5, 0.6) is 11.5 Å². The number of rotatable bonds is 4. The molecule has 0 radical (unpaired) electrons. The molecule has 3 heterocycles. The molecule has 3 heteroatoms. The van der Waals surface area contributed by atoms with Crippen LogP contribution in [0.2, 0.25) is 0 Å². The molecule has 0 fully saturated rings. The van der Waals surface area contributed by atoms with Gasteiger partial charge in [0, 0.05) is 22.3 Å². The molecule has 12 rings (SSSR count). The van der Waals surface area contributed by atoms with Crippen LogP contribution in [0.15, 0.2) is 176 Å². The average molecular weight is 705 g/mol. The van der Waals surface area contributed by atoms with Crippen molar-refractivity contribution in [1.29, 1.82) is 0 Å². The molecule has 0 bridgehead atoms. The highest BCUT2D eigenvalue weighted by atomic mass is 16.5. The molecule has 8 aromatic rings. The molecular formula is C52H36N2O. The number of allylic oxidation sites excluding steroid dienone is 4. The molecule has 2 aliphatic heterocycles. The van der Waals surface area contributed by atoms with Gasteiger partial charge in [-0.1, -0.05) is 177 Å². The van der Waals surface area contributed by atoms with E-state index in [0.717, 1.165) is 51.7 Å². The number of hydrogen-bond donors (Lipinski definition) is 0. The van der Waals surface area contributed by atoms with Gasteiger partial charge in [-0.2, -0.15) is 0 Å². The number of nitrogens with zero attached hydrogens (tertiary/aromatic N) is 2. The van der Waals surface area contributed by atoms with Gasteiger partial charge in [0.25, 0.3) is 0 Å². The molecule has 0 amide bonds. The lowest BCUT2D eigenvalue weighted by Gasteiger charge is -2.40. The Balaban J connectivity index is 1.15. The van der Waals surface area contributed by atoms with Crippen molar-refractivity contribution >= 4 is 16.3 Å². The first-order valence-corrected chi connectivity index (χ1v) is 19.4. The van der Waals surface area contributed by atoms with Gasteiger partial charge in [0.05, 0.1) is 16.8 Å². The summed E-state index contributed by atoms with van der Waals surface area (Å²) in [4.78, 5) is 5.62. The maximum absolute atomic E-state index is 7.18. The van der Waals surface area contributed by atoms with Gasteiger partial charge >= 0.3 is 0 Å². The molecule has 0 saturated heterocycles. The molecule has 4 aliphatic rings. The lowest BCUT2D eigenvalue weighted by Crippen LogP contribution is -2.32. The second-order valence-electron chi connectivity index (χ2n) is 15.4. The predicted molar refractivity (Wildman–Crippen MR) is 223 cm³/mol. The molecule has 2 unspecified atom stereocenters. The van der Waals surface area contributed by atoms with Crippen LogP contribution in [0, 0.1) is 5.92 Å². The number of benzene rings is 7. The zero-order valence-corrected chi connectivity index (χ0v) is 30.4. The van der Waals surface area contributed by atoms with Gasteiger partial charge in [-0.15, -0.1) is 0 Å². The fraction of sp³-hybridized carbons (Fsp3) is 0.0962. The molecule has 1 spiro atoms. The van der Waals surface area contributed by atoms with E-state index in [1.165, 1.54) is 55.4 Å². The van der Waals surface area contributed by atoms with Crippen LogP contribution in [0.25, 0.3) is 50.0 Å². The zero-order chi connectivity index (χ0) is 36.3. The molecule has 2 aliphatic carbocycles. The van der Waals surface area contributed by atoms with Crippen molar-refractivity contribution in [1.82, 2.24) is 9.55 Å². The quantitative estimate of drug-likeness (QED) is 0.182. The molecule has 0 saturated carbocycles. The third-order valence-electron chi connectivity index (χ3n) is 12.4. The summed E-state index contributed by atoms with van der Waals surface area (Å²) in [6.45, 7) is 2.29. The largest absolute Gasteiger partial charge is 0.456 e. The molecule has 2 atom stereocenters. The van der Waals surface area contributed by atoms with Gasteiger partial charge in [-0.05, 0) is 68.1 Å². The third-order valence-corrected chi connectivity index (χ3v) is 12.4. The van der Waals surface area contributed by atoms with Crippen molar-refractivity contribution in [3.63, 3.8) is 0 Å². The fourth-order valence-corrected chi connectivity index (χ4v) is 10.1.